The molecule has 0 spiro atoms. The Labute approximate surface area is 139 Å². The van der Waals surface area contributed by atoms with Crippen LogP contribution in [0, 0.1) is 13.8 Å². The molecule has 0 saturated heterocycles. The lowest BCUT2D eigenvalue weighted by Crippen LogP contribution is -2.24. The highest BCUT2D eigenvalue weighted by Gasteiger charge is 2.22. The predicted octanol–water partition coefficient (Wildman–Crippen LogP) is 4.72. The molecule has 0 aliphatic heterocycles. The third kappa shape index (κ3) is 3.66. The molecule has 1 N–H and O–H groups in total. The van der Waals surface area contributed by atoms with Crippen LogP contribution < -0.4 is 5.32 Å². The Balaban J connectivity index is 2.19. The Morgan fingerprint density at radius 3 is 2.39 bits per heavy atom. The summed E-state index contributed by atoms with van der Waals surface area (Å²) in [5.74, 6) is 0.138. The number of para-hydroxylation sites is 1. The summed E-state index contributed by atoms with van der Waals surface area (Å²) in [7, 11) is 0. The molecular weight excluding hydrogens is 284 g/mol. The van der Waals surface area contributed by atoms with E-state index in [1.807, 2.05) is 31.2 Å². The highest BCUT2D eigenvalue weighted by Crippen LogP contribution is 2.25. The van der Waals surface area contributed by atoms with Crippen LogP contribution in [0.3, 0.4) is 0 Å². The summed E-state index contributed by atoms with van der Waals surface area (Å²) in [5.41, 5.74) is 5.26. The lowest BCUT2D eigenvalue weighted by atomic mass is 10.1. The standard InChI is InChI=1S/C20H28N2O/c1-7-16-10-8-9-11-18(16)21-13-19(23)17-12-14(2)22(15(17)3)20(4,5)6/h8-12,21H,7,13H2,1-6H3. The van der Waals surface area contributed by atoms with Crippen LogP contribution in [0.1, 0.15) is 55.0 Å². The molecule has 3 nitrogen and oxygen atoms in total. The average molecular weight is 312 g/mol. The minimum absolute atomic E-state index is 0.0189. The maximum atomic E-state index is 12.7. The van der Waals surface area contributed by atoms with Gasteiger partial charge in [0, 0.05) is 28.2 Å². The number of anilines is 1. The Bertz CT molecular complexity index is 705. The van der Waals surface area contributed by atoms with Crippen LogP contribution >= 0.6 is 0 Å². The summed E-state index contributed by atoms with van der Waals surface area (Å²) in [6.07, 6.45) is 0.954. The first-order valence-electron chi connectivity index (χ1n) is 8.30. The van der Waals surface area contributed by atoms with Crippen molar-refractivity contribution in [1.29, 1.82) is 0 Å². The van der Waals surface area contributed by atoms with Crippen molar-refractivity contribution in [2.45, 2.75) is 53.5 Å². The smallest absolute Gasteiger partial charge is 0.183 e. The van der Waals surface area contributed by atoms with E-state index >= 15 is 0 Å². The van der Waals surface area contributed by atoms with Gasteiger partial charge in [0.25, 0.3) is 0 Å². The number of benzene rings is 1. The molecule has 3 heteroatoms. The summed E-state index contributed by atoms with van der Waals surface area (Å²) >= 11 is 0. The molecule has 0 atom stereocenters. The minimum Gasteiger partial charge on any atom is -0.377 e. The van der Waals surface area contributed by atoms with Gasteiger partial charge in [0.2, 0.25) is 0 Å². The van der Waals surface area contributed by atoms with Gasteiger partial charge in [0.1, 0.15) is 0 Å². The Morgan fingerprint density at radius 2 is 1.83 bits per heavy atom. The average Bonchev–Trinajstić information content (AvgIpc) is 2.79. The van der Waals surface area contributed by atoms with Gasteiger partial charge in [-0.2, -0.15) is 0 Å². The van der Waals surface area contributed by atoms with Gasteiger partial charge in [-0.3, -0.25) is 4.79 Å². The molecular formula is C20H28N2O. The van der Waals surface area contributed by atoms with E-state index in [4.69, 9.17) is 0 Å². The zero-order valence-corrected chi connectivity index (χ0v) is 15.2. The van der Waals surface area contributed by atoms with E-state index in [0.717, 1.165) is 29.1 Å². The zero-order valence-electron chi connectivity index (χ0n) is 15.2. The summed E-state index contributed by atoms with van der Waals surface area (Å²) in [6.45, 7) is 13.0. The van der Waals surface area contributed by atoms with Crippen molar-refractivity contribution in [3.05, 3.63) is 52.8 Å². The van der Waals surface area contributed by atoms with Crippen molar-refractivity contribution in [2.75, 3.05) is 11.9 Å². The fourth-order valence-electron chi connectivity index (χ4n) is 3.35. The van der Waals surface area contributed by atoms with Gasteiger partial charge >= 0.3 is 0 Å². The number of Topliss-reactive ketones (excluding diaryl/α,β-unsaturated/α-hetero) is 1. The van der Waals surface area contributed by atoms with Gasteiger partial charge in [-0.25, -0.2) is 0 Å². The summed E-state index contributed by atoms with van der Waals surface area (Å²) < 4.78 is 2.24. The predicted molar refractivity (Wildman–Crippen MR) is 97.5 cm³/mol. The first kappa shape index (κ1) is 17.3. The number of ketones is 1. The molecule has 0 unspecified atom stereocenters. The molecule has 1 aromatic heterocycles. The number of hydrogen-bond acceptors (Lipinski definition) is 2. The number of aryl methyl sites for hydroxylation is 2. The number of nitrogens with one attached hydrogen (secondary N) is 1. The maximum Gasteiger partial charge on any atom is 0.183 e. The number of rotatable bonds is 5. The van der Waals surface area contributed by atoms with Gasteiger partial charge in [-0.15, -0.1) is 0 Å². The van der Waals surface area contributed by atoms with Crippen molar-refractivity contribution in [3.8, 4) is 0 Å². The Morgan fingerprint density at radius 1 is 1.17 bits per heavy atom. The number of nitrogens with zero attached hydrogens (tertiary/aromatic N) is 1. The van der Waals surface area contributed by atoms with E-state index in [-0.39, 0.29) is 11.3 Å². The SMILES string of the molecule is CCc1ccccc1NCC(=O)c1cc(C)n(C(C)(C)C)c1C. The molecule has 2 aromatic rings. The molecule has 1 aromatic carbocycles. The van der Waals surface area contributed by atoms with E-state index in [1.165, 1.54) is 5.56 Å². The molecule has 2 rings (SSSR count). The number of carbonyl (C=O) groups is 1. The van der Waals surface area contributed by atoms with Gasteiger partial charge in [-0.1, -0.05) is 25.1 Å². The minimum atomic E-state index is -0.0189. The van der Waals surface area contributed by atoms with Crippen LogP contribution in [-0.4, -0.2) is 16.9 Å². The summed E-state index contributed by atoms with van der Waals surface area (Å²) in [5, 5.41) is 3.30. The largest absolute Gasteiger partial charge is 0.377 e. The summed E-state index contributed by atoms with van der Waals surface area (Å²) in [6, 6.07) is 10.2. The second-order valence-electron chi connectivity index (χ2n) is 7.08. The van der Waals surface area contributed by atoms with E-state index in [9.17, 15) is 4.79 Å². The quantitative estimate of drug-likeness (QED) is 0.811. The first-order chi connectivity index (χ1) is 10.8. The van der Waals surface area contributed by atoms with Crippen molar-refractivity contribution in [2.24, 2.45) is 0 Å². The van der Waals surface area contributed by atoms with Crippen LogP contribution in [0.15, 0.2) is 30.3 Å². The second kappa shape index (κ2) is 6.61. The lowest BCUT2D eigenvalue weighted by Gasteiger charge is -2.25. The van der Waals surface area contributed by atoms with Crippen LogP contribution in [0.4, 0.5) is 5.69 Å². The molecule has 0 radical (unpaired) electrons. The summed E-state index contributed by atoms with van der Waals surface area (Å²) in [4.78, 5) is 12.7. The molecule has 124 valence electrons. The van der Waals surface area contributed by atoms with Crippen LogP contribution in [0.25, 0.3) is 0 Å². The second-order valence-corrected chi connectivity index (χ2v) is 7.08. The molecule has 0 amide bonds. The molecule has 0 fully saturated rings. The van der Waals surface area contributed by atoms with E-state index in [2.05, 4.69) is 50.6 Å². The Kier molecular flexibility index (Phi) is 4.98. The fourth-order valence-corrected chi connectivity index (χ4v) is 3.35. The Hall–Kier alpha value is -2.03. The van der Waals surface area contributed by atoms with Gasteiger partial charge < -0.3 is 9.88 Å². The van der Waals surface area contributed by atoms with Crippen molar-refractivity contribution in [1.82, 2.24) is 4.57 Å². The van der Waals surface area contributed by atoms with Crippen LogP contribution in [-0.2, 0) is 12.0 Å². The molecule has 1 heterocycles. The number of carbonyl (C=O) groups excluding carboxylic acids is 1. The molecule has 23 heavy (non-hydrogen) atoms. The van der Waals surface area contributed by atoms with E-state index in [0.29, 0.717) is 6.54 Å². The molecule has 0 bridgehead atoms. The maximum absolute atomic E-state index is 12.7. The van der Waals surface area contributed by atoms with Gasteiger partial charge in [-0.05, 0) is 58.7 Å². The fraction of sp³-hybridized carbons (Fsp3) is 0.450. The molecule has 0 saturated carbocycles. The van der Waals surface area contributed by atoms with E-state index < -0.39 is 0 Å². The van der Waals surface area contributed by atoms with Crippen molar-refractivity contribution >= 4 is 11.5 Å². The van der Waals surface area contributed by atoms with Crippen molar-refractivity contribution in [3.63, 3.8) is 0 Å². The van der Waals surface area contributed by atoms with Crippen LogP contribution in [0.5, 0.6) is 0 Å². The van der Waals surface area contributed by atoms with E-state index in [1.54, 1.807) is 0 Å². The lowest BCUT2D eigenvalue weighted by molar-refractivity contribution is 0.100. The molecule has 0 aliphatic rings. The number of aromatic nitrogens is 1. The van der Waals surface area contributed by atoms with Crippen molar-refractivity contribution < 1.29 is 4.79 Å². The first-order valence-corrected chi connectivity index (χ1v) is 8.30. The van der Waals surface area contributed by atoms with Crippen LogP contribution in [0.2, 0.25) is 0 Å². The third-order valence-electron chi connectivity index (χ3n) is 4.24. The topological polar surface area (TPSA) is 34.0 Å². The monoisotopic (exact) mass is 312 g/mol. The zero-order chi connectivity index (χ0) is 17.2. The third-order valence-corrected chi connectivity index (χ3v) is 4.24. The normalized spacial score (nSPS) is 11.6. The van der Waals surface area contributed by atoms with Gasteiger partial charge in [0.15, 0.2) is 5.78 Å². The number of hydrogen-bond donors (Lipinski definition) is 1. The highest BCUT2D eigenvalue weighted by molar-refractivity contribution is 6.00. The highest BCUT2D eigenvalue weighted by atomic mass is 16.1. The molecule has 0 aliphatic carbocycles. The van der Waals surface area contributed by atoms with Gasteiger partial charge in [0.05, 0.1) is 6.54 Å².